The van der Waals surface area contributed by atoms with E-state index in [2.05, 4.69) is 27.8 Å². The maximum Gasteiger partial charge on any atom is 0.408 e. The van der Waals surface area contributed by atoms with Crippen LogP contribution in [0.1, 0.15) is 60.0 Å². The third kappa shape index (κ3) is 4.89. The maximum atomic E-state index is 13.0. The minimum Gasteiger partial charge on any atom is -0.476 e. The first-order valence-electron chi connectivity index (χ1n) is 11.4. The lowest BCUT2D eigenvalue weighted by atomic mass is 9.95. The minimum atomic E-state index is -1.26. The van der Waals surface area contributed by atoms with E-state index in [9.17, 15) is 14.4 Å². The second-order valence-corrected chi connectivity index (χ2v) is 8.64. The van der Waals surface area contributed by atoms with Crippen molar-refractivity contribution in [1.29, 1.82) is 0 Å². The number of aromatic nitrogens is 1. The highest BCUT2D eigenvalue weighted by Gasteiger charge is 2.36. The summed E-state index contributed by atoms with van der Waals surface area (Å²) < 4.78 is 10.7. The van der Waals surface area contributed by atoms with Gasteiger partial charge in [0.1, 0.15) is 12.1 Å². The van der Waals surface area contributed by atoms with Crippen LogP contribution in [0.5, 0.6) is 0 Å². The molecule has 4 rings (SSSR count). The van der Waals surface area contributed by atoms with Gasteiger partial charge in [0.25, 0.3) is 0 Å². The van der Waals surface area contributed by atoms with Gasteiger partial charge in [-0.15, -0.1) is 0 Å². The number of carboxylic acid groups (broad SMARTS) is 1. The molecule has 3 aromatic rings. The molecule has 0 radical (unpaired) electrons. The number of nitrogens with one attached hydrogen (secondary N) is 2. The summed E-state index contributed by atoms with van der Waals surface area (Å²) in [5.41, 5.74) is 2.90. The second-order valence-electron chi connectivity index (χ2n) is 8.64. The number of carbonyl (C=O) groups is 3. The first kappa shape index (κ1) is 24.0. The molecule has 0 aliphatic heterocycles. The molecule has 35 heavy (non-hydrogen) atoms. The highest BCUT2D eigenvalue weighted by Crippen LogP contribution is 2.44. The molecule has 2 amide bonds. The van der Waals surface area contributed by atoms with E-state index in [4.69, 9.17) is 14.3 Å². The molecular weight excluding hydrogens is 450 g/mol. The molecule has 0 saturated carbocycles. The van der Waals surface area contributed by atoms with Gasteiger partial charge < -0.3 is 24.9 Å². The average molecular weight is 478 g/mol. The van der Waals surface area contributed by atoms with E-state index >= 15 is 0 Å². The van der Waals surface area contributed by atoms with Crippen molar-refractivity contribution in [2.45, 2.75) is 44.7 Å². The predicted molar refractivity (Wildman–Crippen MR) is 127 cm³/mol. The number of carbonyl (C=O) groups excluding carboxylic acids is 2. The summed E-state index contributed by atoms with van der Waals surface area (Å²) >= 11 is 0. The number of ether oxygens (including phenoxy) is 1. The van der Waals surface area contributed by atoms with Crippen LogP contribution in [-0.4, -0.2) is 40.2 Å². The van der Waals surface area contributed by atoms with Crippen molar-refractivity contribution < 1.29 is 28.6 Å². The number of amides is 2. The second kappa shape index (κ2) is 10.0. The van der Waals surface area contributed by atoms with Crippen LogP contribution in [0, 0.1) is 0 Å². The number of rotatable bonds is 9. The molecule has 1 atom stereocenters. The normalized spacial score (nSPS) is 13.9. The lowest BCUT2D eigenvalue weighted by Crippen LogP contribution is -2.56. The molecule has 1 aliphatic rings. The van der Waals surface area contributed by atoms with Crippen molar-refractivity contribution in [3.8, 4) is 11.1 Å². The van der Waals surface area contributed by atoms with E-state index in [1.54, 1.807) is 6.92 Å². The van der Waals surface area contributed by atoms with E-state index in [-0.39, 0.29) is 30.5 Å². The van der Waals surface area contributed by atoms with Gasteiger partial charge >= 0.3 is 12.1 Å². The lowest BCUT2D eigenvalue weighted by Gasteiger charge is -2.29. The van der Waals surface area contributed by atoms with Gasteiger partial charge in [-0.05, 0) is 35.6 Å². The van der Waals surface area contributed by atoms with E-state index in [0.29, 0.717) is 12.8 Å². The number of nitrogens with zero attached hydrogens (tertiary/aromatic N) is 1. The minimum absolute atomic E-state index is 0.0193. The van der Waals surface area contributed by atoms with Crippen molar-refractivity contribution in [2.24, 2.45) is 0 Å². The van der Waals surface area contributed by atoms with Crippen molar-refractivity contribution in [1.82, 2.24) is 15.6 Å². The van der Waals surface area contributed by atoms with E-state index < -0.39 is 23.5 Å². The fourth-order valence-corrected chi connectivity index (χ4v) is 4.52. The number of alkyl carbamates (subject to hydrolysis) is 1. The van der Waals surface area contributed by atoms with Crippen LogP contribution in [0.4, 0.5) is 4.79 Å². The molecule has 9 heteroatoms. The van der Waals surface area contributed by atoms with E-state index in [0.717, 1.165) is 28.6 Å². The first-order chi connectivity index (χ1) is 16.8. The zero-order chi connectivity index (χ0) is 25.0. The van der Waals surface area contributed by atoms with Crippen LogP contribution >= 0.6 is 0 Å². The summed E-state index contributed by atoms with van der Waals surface area (Å²) in [7, 11) is 0. The molecule has 1 unspecified atom stereocenters. The number of fused-ring (bicyclic) bond motifs is 3. The number of aromatic carboxylic acids is 1. The number of hydrogen-bond donors (Lipinski definition) is 3. The Kier molecular flexibility index (Phi) is 6.86. The first-order valence-corrected chi connectivity index (χ1v) is 11.4. The van der Waals surface area contributed by atoms with Gasteiger partial charge in [-0.1, -0.05) is 61.9 Å². The van der Waals surface area contributed by atoms with Gasteiger partial charge in [-0.3, -0.25) is 4.79 Å². The zero-order valence-corrected chi connectivity index (χ0v) is 19.5. The molecule has 2 aromatic carbocycles. The summed E-state index contributed by atoms with van der Waals surface area (Å²) in [5.74, 6) is -1.82. The molecule has 1 aromatic heterocycles. The number of hydrogen-bond acceptors (Lipinski definition) is 6. The van der Waals surface area contributed by atoms with Crippen LogP contribution in [0.15, 0.2) is 59.3 Å². The Bertz CT molecular complexity index is 1210. The highest BCUT2D eigenvalue weighted by atomic mass is 16.5. The monoisotopic (exact) mass is 477 g/mol. The van der Waals surface area contributed by atoms with Gasteiger partial charge in [-0.2, -0.15) is 0 Å². The van der Waals surface area contributed by atoms with Gasteiger partial charge in [-0.25, -0.2) is 14.6 Å². The Labute approximate surface area is 202 Å². The summed E-state index contributed by atoms with van der Waals surface area (Å²) in [6, 6.07) is 16.1. The largest absolute Gasteiger partial charge is 0.476 e. The van der Waals surface area contributed by atoms with Crippen molar-refractivity contribution in [3.05, 3.63) is 77.5 Å². The highest BCUT2D eigenvalue weighted by molar-refractivity contribution is 5.90. The molecule has 0 saturated heterocycles. The molecule has 0 fully saturated rings. The third-order valence-electron chi connectivity index (χ3n) is 6.23. The molecular formula is C26H27N3O6. The topological polar surface area (TPSA) is 131 Å². The molecule has 3 N–H and O–H groups in total. The maximum absolute atomic E-state index is 13.0. The molecule has 9 nitrogen and oxygen atoms in total. The number of carboxylic acids is 1. The number of oxazole rings is 1. The molecule has 0 bridgehead atoms. The van der Waals surface area contributed by atoms with Gasteiger partial charge in [0.2, 0.25) is 5.91 Å². The van der Waals surface area contributed by atoms with Crippen LogP contribution in [0.2, 0.25) is 0 Å². The van der Waals surface area contributed by atoms with Crippen LogP contribution in [0.25, 0.3) is 11.1 Å². The third-order valence-corrected chi connectivity index (χ3v) is 6.23. The fourth-order valence-electron chi connectivity index (χ4n) is 4.52. The van der Waals surface area contributed by atoms with E-state index in [1.165, 1.54) is 0 Å². The zero-order valence-electron chi connectivity index (χ0n) is 19.5. The molecule has 182 valence electrons. The summed E-state index contributed by atoms with van der Waals surface area (Å²) in [4.78, 5) is 40.6. The molecule has 0 spiro atoms. The Morgan fingerprint density at radius 1 is 1.09 bits per heavy atom. The Balaban J connectivity index is 1.41. The van der Waals surface area contributed by atoms with Crippen LogP contribution in [-0.2, 0) is 16.1 Å². The Morgan fingerprint density at radius 3 is 2.31 bits per heavy atom. The molecule has 1 aliphatic carbocycles. The SMILES string of the molecule is CCCC(C)(NC(=O)OCC1c2ccccc2-c2ccccc21)C(=O)NCc1ocnc1C(=O)O. The average Bonchev–Trinajstić information content (AvgIpc) is 3.44. The smallest absolute Gasteiger partial charge is 0.408 e. The van der Waals surface area contributed by atoms with Crippen LogP contribution < -0.4 is 10.6 Å². The summed E-state index contributed by atoms with van der Waals surface area (Å²) in [6.07, 6.45) is 1.27. The molecule has 1 heterocycles. The predicted octanol–water partition coefficient (Wildman–Crippen LogP) is 4.09. The van der Waals surface area contributed by atoms with Crippen molar-refractivity contribution in [2.75, 3.05) is 6.61 Å². The van der Waals surface area contributed by atoms with E-state index in [1.807, 2.05) is 43.3 Å². The Hall–Kier alpha value is -4.14. The fraction of sp³-hybridized carbons (Fsp3) is 0.308. The van der Waals surface area contributed by atoms with Gasteiger partial charge in [0.05, 0.1) is 6.54 Å². The van der Waals surface area contributed by atoms with Crippen molar-refractivity contribution in [3.63, 3.8) is 0 Å². The lowest BCUT2D eigenvalue weighted by molar-refractivity contribution is -0.127. The summed E-state index contributed by atoms with van der Waals surface area (Å²) in [6.45, 7) is 3.45. The van der Waals surface area contributed by atoms with Crippen molar-refractivity contribution >= 4 is 18.0 Å². The van der Waals surface area contributed by atoms with Gasteiger partial charge in [0, 0.05) is 5.92 Å². The number of benzene rings is 2. The summed E-state index contributed by atoms with van der Waals surface area (Å²) in [5, 5.41) is 14.5. The Morgan fingerprint density at radius 2 is 1.71 bits per heavy atom. The van der Waals surface area contributed by atoms with Crippen LogP contribution in [0.3, 0.4) is 0 Å². The van der Waals surface area contributed by atoms with Gasteiger partial charge in [0.15, 0.2) is 17.8 Å². The quantitative estimate of drug-likeness (QED) is 0.423. The standard InChI is InChI=1S/C26H27N3O6/c1-3-12-26(2,24(32)27-13-21-22(23(30)31)28-15-35-21)29-25(33)34-14-20-18-10-6-4-8-16(18)17-9-5-7-11-19(17)20/h4-11,15,20H,3,12-14H2,1-2H3,(H,27,32)(H,29,33)(H,30,31).